The van der Waals surface area contributed by atoms with Crippen LogP contribution in [0, 0.1) is 12.8 Å². The van der Waals surface area contributed by atoms with Crippen molar-refractivity contribution in [1.29, 1.82) is 0 Å². The van der Waals surface area contributed by atoms with E-state index in [2.05, 4.69) is 25.1 Å². The molecule has 0 spiro atoms. The van der Waals surface area contributed by atoms with Crippen LogP contribution in [0.15, 0.2) is 10.6 Å². The number of unbranched alkanes of at least 4 members (excludes halogenated alkanes) is 4. The van der Waals surface area contributed by atoms with Gasteiger partial charge in [0.1, 0.15) is 5.76 Å². The van der Waals surface area contributed by atoms with E-state index in [-0.39, 0.29) is 0 Å². The number of hydrogen-bond acceptors (Lipinski definition) is 2. The van der Waals surface area contributed by atoms with Gasteiger partial charge in [0.2, 0.25) is 0 Å². The minimum absolute atomic E-state index is 0.798. The highest BCUT2D eigenvalue weighted by atomic mass is 16.5. The molecule has 1 unspecified atom stereocenters. The van der Waals surface area contributed by atoms with Crippen molar-refractivity contribution in [2.75, 3.05) is 0 Å². The SMILES string of the molecule is CCCCCCC(CCCC)Cc1cc(C)on1. The lowest BCUT2D eigenvalue weighted by molar-refractivity contribution is 0.368. The fraction of sp³-hybridized carbons (Fsp3) is 0.812. The molecule has 0 amide bonds. The maximum atomic E-state index is 5.16. The largest absolute Gasteiger partial charge is 0.361 e. The van der Waals surface area contributed by atoms with Crippen LogP contribution in [0.1, 0.15) is 76.7 Å². The zero-order valence-corrected chi connectivity index (χ0v) is 12.4. The Hall–Kier alpha value is -0.790. The maximum absolute atomic E-state index is 5.16. The highest BCUT2D eigenvalue weighted by Gasteiger charge is 2.11. The summed E-state index contributed by atoms with van der Waals surface area (Å²) >= 11 is 0. The third-order valence-electron chi connectivity index (χ3n) is 3.61. The predicted molar refractivity (Wildman–Crippen MR) is 76.7 cm³/mol. The molecule has 1 heterocycles. The molecule has 0 aliphatic rings. The molecule has 2 nitrogen and oxygen atoms in total. The van der Waals surface area contributed by atoms with E-state index in [9.17, 15) is 0 Å². The van der Waals surface area contributed by atoms with Crippen LogP contribution in [0.4, 0.5) is 0 Å². The summed E-state index contributed by atoms with van der Waals surface area (Å²) in [7, 11) is 0. The highest BCUT2D eigenvalue weighted by molar-refractivity contribution is 5.04. The monoisotopic (exact) mass is 251 g/mol. The third-order valence-corrected chi connectivity index (χ3v) is 3.61. The molecule has 0 N–H and O–H groups in total. The lowest BCUT2D eigenvalue weighted by Crippen LogP contribution is -2.05. The highest BCUT2D eigenvalue weighted by Crippen LogP contribution is 2.21. The van der Waals surface area contributed by atoms with Gasteiger partial charge in [-0.15, -0.1) is 0 Å². The Labute approximate surface area is 112 Å². The minimum Gasteiger partial charge on any atom is -0.361 e. The van der Waals surface area contributed by atoms with E-state index < -0.39 is 0 Å². The Morgan fingerprint density at radius 2 is 1.78 bits per heavy atom. The molecular weight excluding hydrogens is 222 g/mol. The summed E-state index contributed by atoms with van der Waals surface area (Å²) in [4.78, 5) is 0. The first-order valence-electron chi connectivity index (χ1n) is 7.68. The average Bonchev–Trinajstić information content (AvgIpc) is 2.77. The third kappa shape index (κ3) is 6.23. The first-order chi connectivity index (χ1) is 8.76. The van der Waals surface area contributed by atoms with Crippen molar-refractivity contribution < 1.29 is 4.52 Å². The number of rotatable bonds is 10. The second kappa shape index (κ2) is 9.18. The van der Waals surface area contributed by atoms with Crippen LogP contribution in [0.25, 0.3) is 0 Å². The van der Waals surface area contributed by atoms with Crippen molar-refractivity contribution in [2.45, 2.75) is 78.6 Å². The van der Waals surface area contributed by atoms with Gasteiger partial charge in [0.15, 0.2) is 0 Å². The van der Waals surface area contributed by atoms with E-state index in [1.807, 2.05) is 6.92 Å². The van der Waals surface area contributed by atoms with Crippen LogP contribution in [0.2, 0.25) is 0 Å². The molecule has 0 radical (unpaired) electrons. The molecule has 0 aromatic carbocycles. The van der Waals surface area contributed by atoms with E-state index in [1.165, 1.54) is 51.4 Å². The Morgan fingerprint density at radius 3 is 2.39 bits per heavy atom. The standard InChI is InChI=1S/C16H29NO/c1-4-6-8-9-11-15(10-7-5-2)13-16-12-14(3)18-17-16/h12,15H,4-11,13H2,1-3H3. The van der Waals surface area contributed by atoms with Crippen LogP contribution in [0.3, 0.4) is 0 Å². The number of aryl methyl sites for hydroxylation is 1. The molecule has 1 rings (SSSR count). The maximum Gasteiger partial charge on any atom is 0.133 e. The van der Waals surface area contributed by atoms with Crippen molar-refractivity contribution in [3.63, 3.8) is 0 Å². The van der Waals surface area contributed by atoms with E-state index in [0.29, 0.717) is 0 Å². The topological polar surface area (TPSA) is 26.0 Å². The number of hydrogen-bond donors (Lipinski definition) is 0. The Morgan fingerprint density at radius 1 is 1.06 bits per heavy atom. The smallest absolute Gasteiger partial charge is 0.133 e. The van der Waals surface area contributed by atoms with Crippen molar-refractivity contribution >= 4 is 0 Å². The van der Waals surface area contributed by atoms with Crippen molar-refractivity contribution in [1.82, 2.24) is 5.16 Å². The summed E-state index contributed by atoms with van der Waals surface area (Å²) in [5, 5.41) is 4.13. The van der Waals surface area contributed by atoms with Gasteiger partial charge in [0.25, 0.3) is 0 Å². The Bertz CT molecular complexity index is 306. The molecule has 1 aromatic heterocycles. The zero-order chi connectivity index (χ0) is 13.2. The van der Waals surface area contributed by atoms with Crippen molar-refractivity contribution in [3.8, 4) is 0 Å². The lowest BCUT2D eigenvalue weighted by Gasteiger charge is -2.14. The Kier molecular flexibility index (Phi) is 7.79. The van der Waals surface area contributed by atoms with Gasteiger partial charge in [-0.1, -0.05) is 70.4 Å². The molecule has 104 valence electrons. The quantitative estimate of drug-likeness (QED) is 0.527. The van der Waals surface area contributed by atoms with Crippen LogP contribution in [-0.2, 0) is 6.42 Å². The molecular formula is C16H29NO. The Balaban J connectivity index is 2.34. The average molecular weight is 251 g/mol. The molecule has 0 aliphatic carbocycles. The van der Waals surface area contributed by atoms with Crippen LogP contribution in [-0.4, -0.2) is 5.16 Å². The summed E-state index contributed by atoms with van der Waals surface area (Å²) in [6, 6.07) is 2.09. The molecule has 0 saturated carbocycles. The first-order valence-corrected chi connectivity index (χ1v) is 7.68. The number of aromatic nitrogens is 1. The summed E-state index contributed by atoms with van der Waals surface area (Å²) in [6.07, 6.45) is 11.9. The van der Waals surface area contributed by atoms with Crippen LogP contribution >= 0.6 is 0 Å². The van der Waals surface area contributed by atoms with Crippen molar-refractivity contribution in [3.05, 3.63) is 17.5 Å². The van der Waals surface area contributed by atoms with Gasteiger partial charge < -0.3 is 4.52 Å². The summed E-state index contributed by atoms with van der Waals surface area (Å²) in [6.45, 7) is 6.51. The molecule has 1 aromatic rings. The molecule has 18 heavy (non-hydrogen) atoms. The first kappa shape index (κ1) is 15.3. The van der Waals surface area contributed by atoms with Gasteiger partial charge in [-0.05, 0) is 19.3 Å². The fourth-order valence-corrected chi connectivity index (χ4v) is 2.51. The van der Waals surface area contributed by atoms with Crippen LogP contribution in [0.5, 0.6) is 0 Å². The summed E-state index contributed by atoms with van der Waals surface area (Å²) in [5.41, 5.74) is 1.14. The van der Waals surface area contributed by atoms with Gasteiger partial charge in [-0.2, -0.15) is 0 Å². The molecule has 1 atom stereocenters. The second-order valence-corrected chi connectivity index (χ2v) is 5.49. The fourth-order valence-electron chi connectivity index (χ4n) is 2.51. The molecule has 0 bridgehead atoms. The number of nitrogens with zero attached hydrogens (tertiary/aromatic N) is 1. The van der Waals surface area contributed by atoms with E-state index in [4.69, 9.17) is 4.52 Å². The molecule has 2 heteroatoms. The summed E-state index contributed by atoms with van der Waals surface area (Å²) in [5.74, 6) is 1.73. The van der Waals surface area contributed by atoms with Gasteiger partial charge in [0, 0.05) is 6.07 Å². The molecule has 0 aliphatic heterocycles. The van der Waals surface area contributed by atoms with Crippen LogP contribution < -0.4 is 0 Å². The molecule has 0 saturated heterocycles. The normalized spacial score (nSPS) is 12.8. The van der Waals surface area contributed by atoms with Gasteiger partial charge in [0.05, 0.1) is 5.69 Å². The summed E-state index contributed by atoms with van der Waals surface area (Å²) < 4.78 is 5.16. The van der Waals surface area contributed by atoms with E-state index in [1.54, 1.807) is 0 Å². The molecule has 0 fully saturated rings. The minimum atomic E-state index is 0.798. The lowest BCUT2D eigenvalue weighted by atomic mass is 9.91. The van der Waals surface area contributed by atoms with Gasteiger partial charge in [-0.25, -0.2) is 0 Å². The van der Waals surface area contributed by atoms with Gasteiger partial charge >= 0.3 is 0 Å². The predicted octanol–water partition coefficient (Wildman–Crippen LogP) is 5.30. The van der Waals surface area contributed by atoms with E-state index >= 15 is 0 Å². The van der Waals surface area contributed by atoms with E-state index in [0.717, 1.165) is 23.8 Å². The van der Waals surface area contributed by atoms with Gasteiger partial charge in [-0.3, -0.25) is 0 Å². The van der Waals surface area contributed by atoms with Crippen molar-refractivity contribution in [2.24, 2.45) is 5.92 Å². The second-order valence-electron chi connectivity index (χ2n) is 5.49. The zero-order valence-electron chi connectivity index (χ0n) is 12.4.